The Kier molecular flexibility index (Phi) is 2.38. The molecule has 0 bridgehead atoms. The largest absolute Gasteiger partial charge is 0.338 e. The summed E-state index contributed by atoms with van der Waals surface area (Å²) in [6.45, 7) is 3.20. The SMILES string of the molecule is CC(C)n1ncc(S(=O)(=O)F)c1F. The summed E-state index contributed by atoms with van der Waals surface area (Å²) in [6.07, 6.45) is 0.657. The number of aromatic nitrogens is 2. The van der Waals surface area contributed by atoms with Gasteiger partial charge in [0.1, 0.15) is 0 Å². The molecule has 0 fully saturated rings. The Hall–Kier alpha value is -0.980. The van der Waals surface area contributed by atoms with Crippen LogP contribution in [0.2, 0.25) is 0 Å². The Balaban J connectivity index is 3.30. The van der Waals surface area contributed by atoms with E-state index >= 15 is 0 Å². The van der Waals surface area contributed by atoms with Crippen LogP contribution >= 0.6 is 0 Å². The zero-order valence-corrected chi connectivity index (χ0v) is 7.85. The number of hydrogen-bond donors (Lipinski definition) is 0. The fraction of sp³-hybridized carbons (Fsp3) is 0.500. The van der Waals surface area contributed by atoms with Crippen LogP contribution in [0.25, 0.3) is 0 Å². The minimum atomic E-state index is -5.00. The van der Waals surface area contributed by atoms with Crippen molar-refractivity contribution in [2.45, 2.75) is 24.8 Å². The first kappa shape index (κ1) is 10.1. The van der Waals surface area contributed by atoms with E-state index in [0.717, 1.165) is 4.68 Å². The topological polar surface area (TPSA) is 52.0 Å². The van der Waals surface area contributed by atoms with Gasteiger partial charge in [-0.2, -0.15) is 17.9 Å². The molecule has 1 rings (SSSR count). The standard InChI is InChI=1S/C6H8F2N2O2S/c1-4(2)10-6(7)5(3-9-10)13(8,11)12/h3-4H,1-2H3. The second-order valence-electron chi connectivity index (χ2n) is 2.78. The van der Waals surface area contributed by atoms with Crippen molar-refractivity contribution in [1.82, 2.24) is 9.78 Å². The number of halogens is 2. The lowest BCUT2D eigenvalue weighted by atomic mass is 10.4. The highest BCUT2D eigenvalue weighted by atomic mass is 32.3. The Bertz CT molecular complexity index is 410. The summed E-state index contributed by atoms with van der Waals surface area (Å²) in [5.41, 5.74) is 0. The van der Waals surface area contributed by atoms with Crippen LogP contribution in [0.1, 0.15) is 19.9 Å². The number of rotatable bonds is 2. The number of nitrogens with zero attached hydrogens (tertiary/aromatic N) is 2. The molecule has 1 aromatic heterocycles. The van der Waals surface area contributed by atoms with Crippen LogP contribution in [-0.2, 0) is 10.2 Å². The van der Waals surface area contributed by atoms with Gasteiger partial charge in [0.05, 0.1) is 6.20 Å². The van der Waals surface area contributed by atoms with Gasteiger partial charge >= 0.3 is 10.2 Å². The Morgan fingerprint density at radius 2 is 2.08 bits per heavy atom. The Morgan fingerprint density at radius 1 is 1.54 bits per heavy atom. The van der Waals surface area contributed by atoms with E-state index in [4.69, 9.17) is 0 Å². The van der Waals surface area contributed by atoms with Gasteiger partial charge in [-0.15, -0.1) is 3.89 Å². The maximum absolute atomic E-state index is 13.1. The van der Waals surface area contributed by atoms with Crippen LogP contribution < -0.4 is 0 Å². The third kappa shape index (κ3) is 1.85. The molecule has 0 atom stereocenters. The zero-order chi connectivity index (χ0) is 10.2. The van der Waals surface area contributed by atoms with E-state index in [0.29, 0.717) is 6.20 Å². The monoisotopic (exact) mass is 210 g/mol. The summed E-state index contributed by atoms with van der Waals surface area (Å²) in [5.74, 6) is -1.17. The molecule has 0 aliphatic carbocycles. The molecule has 13 heavy (non-hydrogen) atoms. The predicted molar refractivity (Wildman–Crippen MR) is 40.9 cm³/mol. The van der Waals surface area contributed by atoms with E-state index in [9.17, 15) is 16.7 Å². The molecule has 0 radical (unpaired) electrons. The van der Waals surface area contributed by atoms with Crippen molar-refractivity contribution in [3.05, 3.63) is 12.1 Å². The van der Waals surface area contributed by atoms with Crippen molar-refractivity contribution in [2.24, 2.45) is 0 Å². The van der Waals surface area contributed by atoms with E-state index in [2.05, 4.69) is 5.10 Å². The minimum absolute atomic E-state index is 0.351. The molecule has 0 aliphatic heterocycles. The molecule has 1 aromatic rings. The molecule has 4 nitrogen and oxygen atoms in total. The lowest BCUT2D eigenvalue weighted by Crippen LogP contribution is -2.06. The molecule has 74 valence electrons. The van der Waals surface area contributed by atoms with Crippen molar-refractivity contribution >= 4 is 10.2 Å². The van der Waals surface area contributed by atoms with E-state index in [-0.39, 0.29) is 6.04 Å². The third-order valence-corrected chi connectivity index (χ3v) is 2.25. The quantitative estimate of drug-likeness (QED) is 0.690. The molecular formula is C6H8F2N2O2S. The van der Waals surface area contributed by atoms with Crippen LogP contribution in [0.5, 0.6) is 0 Å². The molecule has 0 saturated heterocycles. The van der Waals surface area contributed by atoms with Crippen LogP contribution in [0, 0.1) is 5.95 Å². The molecule has 7 heteroatoms. The maximum Gasteiger partial charge on any atom is 0.338 e. The van der Waals surface area contributed by atoms with Gasteiger partial charge in [0.2, 0.25) is 5.95 Å². The van der Waals surface area contributed by atoms with Crippen LogP contribution in [0.4, 0.5) is 8.28 Å². The van der Waals surface area contributed by atoms with Crippen molar-refractivity contribution in [2.75, 3.05) is 0 Å². The Labute approximate surface area is 74.4 Å². The van der Waals surface area contributed by atoms with Gasteiger partial charge in [-0.1, -0.05) is 0 Å². The minimum Gasteiger partial charge on any atom is -0.236 e. The zero-order valence-electron chi connectivity index (χ0n) is 7.03. The molecule has 0 saturated carbocycles. The van der Waals surface area contributed by atoms with Gasteiger partial charge < -0.3 is 0 Å². The number of hydrogen-bond acceptors (Lipinski definition) is 3. The molecule has 0 aromatic carbocycles. The van der Waals surface area contributed by atoms with Gasteiger partial charge in [0, 0.05) is 6.04 Å². The van der Waals surface area contributed by atoms with E-state index in [1.165, 1.54) is 0 Å². The summed E-state index contributed by atoms with van der Waals surface area (Å²) >= 11 is 0. The lowest BCUT2D eigenvalue weighted by molar-refractivity contribution is 0.403. The van der Waals surface area contributed by atoms with E-state index < -0.39 is 21.1 Å². The summed E-state index contributed by atoms with van der Waals surface area (Å²) in [4.78, 5) is -1.01. The highest BCUT2D eigenvalue weighted by molar-refractivity contribution is 7.86. The average molecular weight is 210 g/mol. The van der Waals surface area contributed by atoms with Gasteiger partial charge in [-0.25, -0.2) is 4.68 Å². The maximum atomic E-state index is 13.1. The smallest absolute Gasteiger partial charge is 0.236 e. The van der Waals surface area contributed by atoms with Crippen molar-refractivity contribution in [1.29, 1.82) is 0 Å². The summed E-state index contributed by atoms with van der Waals surface area (Å²) in [6, 6.07) is -0.351. The fourth-order valence-electron chi connectivity index (χ4n) is 0.855. The molecule has 0 N–H and O–H groups in total. The van der Waals surface area contributed by atoms with Crippen LogP contribution in [0.15, 0.2) is 11.1 Å². The Morgan fingerprint density at radius 3 is 2.31 bits per heavy atom. The molecule has 0 unspecified atom stereocenters. The first-order chi connectivity index (χ1) is 5.84. The van der Waals surface area contributed by atoms with Crippen LogP contribution in [0.3, 0.4) is 0 Å². The summed E-state index contributed by atoms with van der Waals surface area (Å²) in [7, 11) is -5.00. The summed E-state index contributed by atoms with van der Waals surface area (Å²) < 4.78 is 46.9. The molecule has 0 aliphatic rings. The van der Waals surface area contributed by atoms with E-state index in [1.54, 1.807) is 13.8 Å². The lowest BCUT2D eigenvalue weighted by Gasteiger charge is -2.04. The van der Waals surface area contributed by atoms with E-state index in [1.807, 2.05) is 0 Å². The second kappa shape index (κ2) is 3.06. The van der Waals surface area contributed by atoms with Crippen molar-refractivity contribution in [3.8, 4) is 0 Å². The molecular weight excluding hydrogens is 202 g/mol. The van der Waals surface area contributed by atoms with Gasteiger partial charge in [0.25, 0.3) is 0 Å². The highest BCUT2D eigenvalue weighted by Gasteiger charge is 2.23. The third-order valence-electron chi connectivity index (χ3n) is 1.46. The van der Waals surface area contributed by atoms with Crippen molar-refractivity contribution in [3.63, 3.8) is 0 Å². The first-order valence-electron chi connectivity index (χ1n) is 3.51. The molecule has 1 heterocycles. The first-order valence-corrected chi connectivity index (χ1v) is 4.90. The molecule has 0 amide bonds. The fourth-order valence-corrected chi connectivity index (χ4v) is 1.32. The average Bonchev–Trinajstić information content (AvgIpc) is 2.28. The second-order valence-corrected chi connectivity index (χ2v) is 4.09. The highest BCUT2D eigenvalue weighted by Crippen LogP contribution is 2.18. The van der Waals surface area contributed by atoms with Gasteiger partial charge in [-0.05, 0) is 13.8 Å². The molecule has 0 spiro atoms. The van der Waals surface area contributed by atoms with Crippen LogP contribution in [-0.4, -0.2) is 18.2 Å². The van der Waals surface area contributed by atoms with Crippen molar-refractivity contribution < 1.29 is 16.7 Å². The normalized spacial score (nSPS) is 12.4. The summed E-state index contributed by atoms with van der Waals surface area (Å²) in [5, 5.41) is 3.40. The van der Waals surface area contributed by atoms with Gasteiger partial charge in [0.15, 0.2) is 4.90 Å². The predicted octanol–water partition coefficient (Wildman–Crippen LogP) is 1.26. The van der Waals surface area contributed by atoms with Gasteiger partial charge in [-0.3, -0.25) is 0 Å².